The molecule has 0 aliphatic rings. The molecule has 0 bridgehead atoms. The van der Waals surface area contributed by atoms with E-state index in [0.717, 1.165) is 16.9 Å². The first-order valence-electron chi connectivity index (χ1n) is 8.48. The summed E-state index contributed by atoms with van der Waals surface area (Å²) in [4.78, 5) is 14.5. The van der Waals surface area contributed by atoms with Gasteiger partial charge in [-0.05, 0) is 42.2 Å². The van der Waals surface area contributed by atoms with E-state index >= 15 is 0 Å². The van der Waals surface area contributed by atoms with E-state index in [1.807, 2.05) is 31.2 Å². The zero-order valence-electron chi connectivity index (χ0n) is 15.7. The van der Waals surface area contributed by atoms with Gasteiger partial charge in [0.1, 0.15) is 5.75 Å². The second kappa shape index (κ2) is 8.36. The Morgan fingerprint density at radius 2 is 1.81 bits per heavy atom. The Morgan fingerprint density at radius 3 is 2.42 bits per heavy atom. The molecule has 0 N–H and O–H groups in total. The van der Waals surface area contributed by atoms with E-state index in [9.17, 15) is 13.2 Å². The van der Waals surface area contributed by atoms with Crippen LogP contribution in [0.3, 0.4) is 0 Å². The van der Waals surface area contributed by atoms with Crippen LogP contribution in [0.2, 0.25) is 0 Å². The molecule has 0 aromatic heterocycles. The minimum absolute atomic E-state index is 0.201. The Bertz CT molecular complexity index is 890. The van der Waals surface area contributed by atoms with E-state index < -0.39 is 9.84 Å². The van der Waals surface area contributed by atoms with E-state index in [-0.39, 0.29) is 10.8 Å². The average Bonchev–Trinajstić information content (AvgIpc) is 2.64. The van der Waals surface area contributed by atoms with Crippen LogP contribution >= 0.6 is 0 Å². The van der Waals surface area contributed by atoms with Crippen molar-refractivity contribution in [2.45, 2.75) is 24.7 Å². The van der Waals surface area contributed by atoms with Crippen LogP contribution in [0.1, 0.15) is 28.4 Å². The number of hydrogen-bond acceptors (Lipinski definition) is 4. The predicted octanol–water partition coefficient (Wildman–Crippen LogP) is 2.98. The average molecular weight is 375 g/mol. The van der Waals surface area contributed by atoms with Gasteiger partial charge in [-0.15, -0.1) is 0 Å². The number of benzene rings is 2. The smallest absolute Gasteiger partial charge is 0.253 e. The highest BCUT2D eigenvalue weighted by Crippen LogP contribution is 2.21. The van der Waals surface area contributed by atoms with Gasteiger partial charge in [-0.2, -0.15) is 0 Å². The van der Waals surface area contributed by atoms with Crippen molar-refractivity contribution in [1.29, 1.82) is 0 Å². The number of likely N-dealkylation sites (N-methyl/N-ethyl adjacent to an activating group) is 1. The van der Waals surface area contributed by atoms with E-state index in [1.54, 1.807) is 31.2 Å². The number of sulfone groups is 1. The topological polar surface area (TPSA) is 63.7 Å². The minimum atomic E-state index is -3.38. The first-order valence-corrected chi connectivity index (χ1v) is 10.4. The number of methoxy groups -OCH3 is 1. The van der Waals surface area contributed by atoms with Crippen LogP contribution in [0.4, 0.5) is 0 Å². The Balaban J connectivity index is 2.18. The lowest BCUT2D eigenvalue weighted by Gasteiger charge is -2.19. The zero-order chi connectivity index (χ0) is 19.3. The standard InChI is InChI=1S/C20H25NO4S/c1-5-15-10-11-17(14-19(15)26(4,23)24)20(22)21(2)13-12-16-8-6-7-9-18(16)25-3/h6-11,14H,5,12-13H2,1-4H3. The molecule has 2 aromatic carbocycles. The fourth-order valence-corrected chi connectivity index (χ4v) is 3.87. The molecule has 0 spiro atoms. The third-order valence-electron chi connectivity index (χ3n) is 4.35. The third-order valence-corrected chi connectivity index (χ3v) is 5.53. The summed E-state index contributed by atoms with van der Waals surface area (Å²) < 4.78 is 29.3. The quantitative estimate of drug-likeness (QED) is 0.746. The Hall–Kier alpha value is -2.34. The predicted molar refractivity (Wildman–Crippen MR) is 103 cm³/mol. The van der Waals surface area contributed by atoms with Crippen LogP contribution in [-0.4, -0.2) is 46.2 Å². The molecule has 0 fully saturated rings. The monoisotopic (exact) mass is 375 g/mol. The summed E-state index contributed by atoms with van der Waals surface area (Å²) in [5.74, 6) is 0.590. The minimum Gasteiger partial charge on any atom is -0.496 e. The number of amides is 1. The van der Waals surface area contributed by atoms with Crippen molar-refractivity contribution >= 4 is 15.7 Å². The lowest BCUT2D eigenvalue weighted by atomic mass is 10.1. The molecule has 2 rings (SSSR count). The molecule has 26 heavy (non-hydrogen) atoms. The number of carbonyl (C=O) groups excluding carboxylic acids is 1. The second-order valence-electron chi connectivity index (χ2n) is 6.24. The summed E-state index contributed by atoms with van der Waals surface area (Å²) in [5.41, 5.74) is 2.12. The van der Waals surface area contributed by atoms with E-state index in [2.05, 4.69) is 0 Å². The maximum Gasteiger partial charge on any atom is 0.253 e. The van der Waals surface area contributed by atoms with Gasteiger partial charge in [-0.25, -0.2) is 8.42 Å². The van der Waals surface area contributed by atoms with Crippen LogP contribution < -0.4 is 4.74 Å². The maximum absolute atomic E-state index is 12.7. The zero-order valence-corrected chi connectivity index (χ0v) is 16.5. The van der Waals surface area contributed by atoms with Crippen molar-refractivity contribution in [1.82, 2.24) is 4.90 Å². The molecule has 0 saturated heterocycles. The van der Waals surface area contributed by atoms with Crippen LogP contribution in [0.5, 0.6) is 5.75 Å². The number of rotatable bonds is 7. The first-order chi connectivity index (χ1) is 12.3. The SMILES string of the molecule is CCc1ccc(C(=O)N(C)CCc2ccccc2OC)cc1S(C)(=O)=O. The Morgan fingerprint density at radius 1 is 1.12 bits per heavy atom. The summed E-state index contributed by atoms with van der Waals surface area (Å²) in [7, 11) is -0.0442. The highest BCUT2D eigenvalue weighted by Gasteiger charge is 2.18. The van der Waals surface area contributed by atoms with Crippen LogP contribution in [0.15, 0.2) is 47.4 Å². The van der Waals surface area contributed by atoms with Crippen molar-refractivity contribution in [2.24, 2.45) is 0 Å². The van der Waals surface area contributed by atoms with Gasteiger partial charge in [-0.1, -0.05) is 31.2 Å². The van der Waals surface area contributed by atoms with Crippen molar-refractivity contribution < 1.29 is 17.9 Å². The highest BCUT2D eigenvalue weighted by molar-refractivity contribution is 7.90. The van der Waals surface area contributed by atoms with Gasteiger partial charge < -0.3 is 9.64 Å². The first kappa shape index (κ1) is 20.0. The van der Waals surface area contributed by atoms with Crippen LogP contribution in [0, 0.1) is 0 Å². The summed E-state index contributed by atoms with van der Waals surface area (Å²) in [6.07, 6.45) is 2.42. The van der Waals surface area contributed by atoms with Crippen molar-refractivity contribution in [3.8, 4) is 5.75 Å². The molecule has 2 aromatic rings. The number of aryl methyl sites for hydroxylation is 1. The van der Waals surface area contributed by atoms with Crippen LogP contribution in [-0.2, 0) is 22.7 Å². The fourth-order valence-electron chi connectivity index (χ4n) is 2.84. The van der Waals surface area contributed by atoms with E-state index in [0.29, 0.717) is 24.9 Å². The number of para-hydroxylation sites is 1. The number of ether oxygens (including phenoxy) is 1. The largest absolute Gasteiger partial charge is 0.496 e. The summed E-state index contributed by atoms with van der Waals surface area (Å²) in [5, 5.41) is 0. The summed E-state index contributed by atoms with van der Waals surface area (Å²) >= 11 is 0. The lowest BCUT2D eigenvalue weighted by molar-refractivity contribution is 0.0796. The Kier molecular flexibility index (Phi) is 6.42. The van der Waals surface area contributed by atoms with Gasteiger partial charge >= 0.3 is 0 Å². The molecule has 6 heteroatoms. The molecule has 140 valence electrons. The van der Waals surface area contributed by atoms with Gasteiger partial charge in [0.05, 0.1) is 12.0 Å². The van der Waals surface area contributed by atoms with Crippen molar-refractivity contribution in [2.75, 3.05) is 27.0 Å². The molecule has 0 saturated carbocycles. The normalized spacial score (nSPS) is 11.2. The molecule has 0 heterocycles. The molecule has 0 aliphatic heterocycles. The molecule has 0 unspecified atom stereocenters. The highest BCUT2D eigenvalue weighted by atomic mass is 32.2. The van der Waals surface area contributed by atoms with E-state index in [1.165, 1.54) is 12.3 Å². The molecule has 0 atom stereocenters. The molecule has 5 nitrogen and oxygen atoms in total. The maximum atomic E-state index is 12.7. The Labute approximate surface area is 155 Å². The van der Waals surface area contributed by atoms with Crippen molar-refractivity contribution in [3.05, 3.63) is 59.2 Å². The van der Waals surface area contributed by atoms with E-state index in [4.69, 9.17) is 4.74 Å². The van der Waals surface area contributed by atoms with Gasteiger partial charge in [0.2, 0.25) is 0 Å². The molecule has 0 radical (unpaired) electrons. The van der Waals surface area contributed by atoms with Crippen LogP contribution in [0.25, 0.3) is 0 Å². The van der Waals surface area contributed by atoms with Gasteiger partial charge in [0.25, 0.3) is 5.91 Å². The fraction of sp³-hybridized carbons (Fsp3) is 0.350. The van der Waals surface area contributed by atoms with Crippen molar-refractivity contribution in [3.63, 3.8) is 0 Å². The lowest BCUT2D eigenvalue weighted by Crippen LogP contribution is -2.29. The van der Waals surface area contributed by atoms with Gasteiger partial charge in [0, 0.05) is 25.4 Å². The number of nitrogens with zero attached hydrogens (tertiary/aromatic N) is 1. The number of carbonyl (C=O) groups is 1. The molecular weight excluding hydrogens is 350 g/mol. The number of hydrogen-bond donors (Lipinski definition) is 0. The molecule has 1 amide bonds. The third kappa shape index (κ3) is 4.64. The molecule has 0 aliphatic carbocycles. The van der Waals surface area contributed by atoms with Gasteiger partial charge in [0.15, 0.2) is 9.84 Å². The second-order valence-corrected chi connectivity index (χ2v) is 8.22. The summed E-state index contributed by atoms with van der Waals surface area (Å²) in [6.45, 7) is 2.40. The molecular formula is C20H25NO4S. The van der Waals surface area contributed by atoms with Gasteiger partial charge in [-0.3, -0.25) is 4.79 Å². The summed E-state index contributed by atoms with van der Waals surface area (Å²) in [6, 6.07) is 12.6.